The lowest BCUT2D eigenvalue weighted by Crippen LogP contribution is -2.53. The summed E-state index contributed by atoms with van der Waals surface area (Å²) < 4.78 is 0.732. The summed E-state index contributed by atoms with van der Waals surface area (Å²) >= 11 is 5.27. The van der Waals surface area contributed by atoms with Crippen LogP contribution in [-0.4, -0.2) is 35.1 Å². The highest BCUT2D eigenvalue weighted by molar-refractivity contribution is 7.81. The van der Waals surface area contributed by atoms with Gasteiger partial charge in [-0.25, -0.2) is 0 Å². The molecule has 0 bridgehead atoms. The van der Waals surface area contributed by atoms with E-state index in [0.717, 1.165) is 16.0 Å². The van der Waals surface area contributed by atoms with Crippen LogP contribution in [0.1, 0.15) is 6.92 Å². The molecule has 0 saturated carbocycles. The van der Waals surface area contributed by atoms with Crippen molar-refractivity contribution >= 4 is 17.1 Å². The van der Waals surface area contributed by atoms with Gasteiger partial charge in [-0.05, 0) is 31.2 Å². The highest BCUT2D eigenvalue weighted by Crippen LogP contribution is 2.33. The Hall–Kier alpha value is -1.03. The maximum absolute atomic E-state index is 5.27. The van der Waals surface area contributed by atoms with E-state index in [1.807, 2.05) is 6.08 Å². The Kier molecular flexibility index (Phi) is 2.93. The van der Waals surface area contributed by atoms with Gasteiger partial charge in [-0.1, -0.05) is 12.2 Å². The minimum Gasteiger partial charge on any atom is -0.186 e. The number of hydrogen-bond donors (Lipinski definition) is 0. The van der Waals surface area contributed by atoms with Gasteiger partial charge in [0.05, 0.1) is 0 Å². The van der Waals surface area contributed by atoms with E-state index in [9.17, 15) is 0 Å². The summed E-state index contributed by atoms with van der Waals surface area (Å²) in [4.78, 5) is 0.903. The van der Waals surface area contributed by atoms with Crippen molar-refractivity contribution < 1.29 is 4.59 Å². The Morgan fingerprint density at radius 3 is 2.69 bits per heavy atom. The van der Waals surface area contributed by atoms with Crippen molar-refractivity contribution in [1.82, 2.24) is 5.01 Å². The molecule has 0 amide bonds. The Bertz CT molecular complexity index is 441. The average molecular weight is 233 g/mol. The fourth-order valence-corrected chi connectivity index (χ4v) is 2.46. The molecule has 84 valence electrons. The smallest absolute Gasteiger partial charge is 0.165 e. The molecular formula is C13H17N2S+. The number of allylic oxidation sites excluding steroid dienone is 5. The largest absolute Gasteiger partial charge is 0.186 e. The molecule has 1 aliphatic heterocycles. The maximum atomic E-state index is 5.27. The number of rotatable bonds is 2. The highest BCUT2D eigenvalue weighted by Gasteiger charge is 2.36. The van der Waals surface area contributed by atoms with Crippen LogP contribution in [0.3, 0.4) is 0 Å². The van der Waals surface area contributed by atoms with Crippen molar-refractivity contribution in [3.05, 3.63) is 47.9 Å². The molecule has 0 aromatic carbocycles. The highest BCUT2D eigenvalue weighted by atomic mass is 32.1. The van der Waals surface area contributed by atoms with E-state index < -0.39 is 0 Å². The molecule has 3 heteroatoms. The van der Waals surface area contributed by atoms with Crippen molar-refractivity contribution in [3.8, 4) is 0 Å². The van der Waals surface area contributed by atoms with E-state index >= 15 is 0 Å². The third-order valence-corrected chi connectivity index (χ3v) is 3.48. The minimum atomic E-state index is 0.732. The van der Waals surface area contributed by atoms with Crippen LogP contribution in [0.4, 0.5) is 0 Å². The summed E-state index contributed by atoms with van der Waals surface area (Å²) in [7, 11) is 4.19. The van der Waals surface area contributed by atoms with Gasteiger partial charge in [0, 0.05) is 30.6 Å². The summed E-state index contributed by atoms with van der Waals surface area (Å²) in [5.41, 5.74) is 2.52. The molecule has 16 heavy (non-hydrogen) atoms. The minimum absolute atomic E-state index is 0.732. The molecule has 0 spiro atoms. The van der Waals surface area contributed by atoms with Crippen molar-refractivity contribution in [2.24, 2.45) is 0 Å². The lowest BCUT2D eigenvalue weighted by molar-refractivity contribution is -0.950. The molecule has 0 aromatic heterocycles. The first kappa shape index (κ1) is 11.5. The van der Waals surface area contributed by atoms with Crippen LogP contribution in [0.5, 0.6) is 0 Å². The van der Waals surface area contributed by atoms with Gasteiger partial charge >= 0.3 is 0 Å². The molecule has 1 unspecified atom stereocenters. The van der Waals surface area contributed by atoms with E-state index in [2.05, 4.69) is 56.5 Å². The molecule has 0 fully saturated rings. The summed E-state index contributed by atoms with van der Waals surface area (Å²) in [6, 6.07) is 0. The second-order valence-electron chi connectivity index (χ2n) is 4.22. The second kappa shape index (κ2) is 4.09. The zero-order chi connectivity index (χ0) is 11.8. The first-order chi connectivity index (χ1) is 7.60. The summed E-state index contributed by atoms with van der Waals surface area (Å²) in [6.07, 6.45) is 12.7. The summed E-state index contributed by atoms with van der Waals surface area (Å²) in [6.45, 7) is 3.18. The van der Waals surface area contributed by atoms with Crippen LogP contribution >= 0.6 is 12.2 Å². The van der Waals surface area contributed by atoms with Gasteiger partial charge < -0.3 is 0 Å². The average Bonchev–Trinajstić information content (AvgIpc) is 2.27. The lowest BCUT2D eigenvalue weighted by Gasteiger charge is -2.41. The molecule has 2 rings (SSSR count). The second-order valence-corrected chi connectivity index (χ2v) is 4.69. The molecule has 1 atom stereocenters. The van der Waals surface area contributed by atoms with E-state index in [-0.39, 0.29) is 0 Å². The number of thiocarbonyl (C=S) groups is 1. The molecule has 1 heterocycles. The van der Waals surface area contributed by atoms with Crippen LogP contribution < -0.4 is 0 Å². The number of nitrogens with zero attached hydrogens (tertiary/aromatic N) is 2. The van der Waals surface area contributed by atoms with Gasteiger partial charge in [-0.15, -0.1) is 0 Å². The first-order valence-electron chi connectivity index (χ1n) is 5.50. The van der Waals surface area contributed by atoms with Crippen LogP contribution in [0.15, 0.2) is 47.9 Å². The predicted octanol–water partition coefficient (Wildman–Crippen LogP) is 2.58. The fraction of sp³-hybridized carbons (Fsp3) is 0.308. The summed E-state index contributed by atoms with van der Waals surface area (Å²) in [5, 5.41) is 2.21. The zero-order valence-corrected chi connectivity index (χ0v) is 10.8. The SMILES string of the molecule is CC[N+]1(N(C)C)C=CC=C2C=CC(=S)C=C21. The lowest BCUT2D eigenvalue weighted by atomic mass is 10.0. The Labute approximate surface area is 102 Å². The quantitative estimate of drug-likeness (QED) is 0.533. The van der Waals surface area contributed by atoms with Gasteiger partial charge in [0.15, 0.2) is 5.70 Å². The molecule has 0 N–H and O–H groups in total. The van der Waals surface area contributed by atoms with Crippen LogP contribution in [0.2, 0.25) is 0 Å². The van der Waals surface area contributed by atoms with Crippen LogP contribution in [0.25, 0.3) is 0 Å². The van der Waals surface area contributed by atoms with E-state index in [1.54, 1.807) is 0 Å². The Balaban J connectivity index is 2.54. The number of fused-ring (bicyclic) bond motifs is 1. The summed E-state index contributed by atoms with van der Waals surface area (Å²) in [5.74, 6) is 0. The topological polar surface area (TPSA) is 3.24 Å². The van der Waals surface area contributed by atoms with E-state index in [0.29, 0.717) is 0 Å². The van der Waals surface area contributed by atoms with Crippen molar-refractivity contribution in [2.75, 3.05) is 20.6 Å². The molecule has 0 radical (unpaired) electrons. The normalized spacial score (nSPS) is 27.9. The molecular weight excluding hydrogens is 216 g/mol. The molecule has 1 aliphatic carbocycles. The molecule has 0 aromatic rings. The predicted molar refractivity (Wildman–Crippen MR) is 71.5 cm³/mol. The molecule has 0 saturated heterocycles. The zero-order valence-electron chi connectivity index (χ0n) is 9.97. The molecule has 2 nitrogen and oxygen atoms in total. The van der Waals surface area contributed by atoms with Crippen LogP contribution in [0, 0.1) is 0 Å². The Morgan fingerprint density at radius 2 is 2.06 bits per heavy atom. The van der Waals surface area contributed by atoms with Gasteiger partial charge in [0.25, 0.3) is 0 Å². The number of likely N-dealkylation sites (N-methyl/N-ethyl adjacent to an activating group) is 1. The molecule has 2 aliphatic rings. The number of hydrogen-bond acceptors (Lipinski definition) is 2. The fourth-order valence-electron chi connectivity index (χ4n) is 2.28. The maximum Gasteiger partial charge on any atom is 0.165 e. The van der Waals surface area contributed by atoms with E-state index in [4.69, 9.17) is 12.2 Å². The third kappa shape index (κ3) is 1.61. The Morgan fingerprint density at radius 1 is 1.31 bits per heavy atom. The van der Waals surface area contributed by atoms with Crippen molar-refractivity contribution in [2.45, 2.75) is 6.92 Å². The third-order valence-electron chi connectivity index (χ3n) is 3.22. The van der Waals surface area contributed by atoms with Crippen molar-refractivity contribution in [3.63, 3.8) is 0 Å². The first-order valence-corrected chi connectivity index (χ1v) is 5.91. The van der Waals surface area contributed by atoms with Gasteiger partial charge in [-0.3, -0.25) is 0 Å². The monoisotopic (exact) mass is 233 g/mol. The van der Waals surface area contributed by atoms with E-state index in [1.165, 1.54) is 11.3 Å². The van der Waals surface area contributed by atoms with Gasteiger partial charge in [-0.2, -0.15) is 9.60 Å². The van der Waals surface area contributed by atoms with Crippen LogP contribution in [-0.2, 0) is 0 Å². The van der Waals surface area contributed by atoms with Crippen molar-refractivity contribution in [1.29, 1.82) is 0 Å². The van der Waals surface area contributed by atoms with Gasteiger partial charge in [0.1, 0.15) is 12.7 Å². The number of quaternary nitrogens is 1. The van der Waals surface area contributed by atoms with Gasteiger partial charge in [0.2, 0.25) is 0 Å². The standard InChI is InChI=1S/C13H17N2S/c1-4-15(14(2)3)9-5-6-11-7-8-12(16)10-13(11)15/h5-10H,4H2,1-3H3/q+1.